The van der Waals surface area contributed by atoms with Gasteiger partial charge in [-0.2, -0.15) is 0 Å². The minimum absolute atomic E-state index is 0.142. The van der Waals surface area contributed by atoms with E-state index in [2.05, 4.69) is 26.0 Å². The van der Waals surface area contributed by atoms with Crippen LogP contribution in [-0.2, 0) is 4.79 Å². The predicted octanol–water partition coefficient (Wildman–Crippen LogP) is 3.27. The van der Waals surface area contributed by atoms with Gasteiger partial charge in [-0.15, -0.1) is 0 Å². The number of hydrogen-bond donors (Lipinski definition) is 0. The summed E-state index contributed by atoms with van der Waals surface area (Å²) in [6, 6.07) is 8.18. The first-order valence-electron chi connectivity index (χ1n) is 6.69. The first kappa shape index (κ1) is 12.9. The monoisotopic (exact) mass is 243 g/mol. The van der Waals surface area contributed by atoms with Gasteiger partial charge in [-0.25, -0.2) is 0 Å². The highest BCUT2D eigenvalue weighted by atomic mass is 16.2. The molecule has 18 heavy (non-hydrogen) atoms. The number of rotatable bonds is 2. The number of likely N-dealkylation sites (tertiary alicyclic amines) is 1. The molecule has 0 saturated carbocycles. The number of hydrogen-bond acceptors (Lipinski definition) is 1. The van der Waals surface area contributed by atoms with E-state index in [4.69, 9.17) is 0 Å². The van der Waals surface area contributed by atoms with E-state index in [9.17, 15) is 4.79 Å². The largest absolute Gasteiger partial charge is 0.339 e. The van der Waals surface area contributed by atoms with Crippen molar-refractivity contribution in [2.45, 2.75) is 26.7 Å². The van der Waals surface area contributed by atoms with Gasteiger partial charge in [-0.1, -0.05) is 36.8 Å². The zero-order chi connectivity index (χ0) is 13.0. The maximum atomic E-state index is 12.0. The van der Waals surface area contributed by atoms with Gasteiger partial charge in [0.05, 0.1) is 0 Å². The second-order valence-corrected chi connectivity index (χ2v) is 5.26. The number of aryl methyl sites for hydroxylation is 1. The fourth-order valence-electron chi connectivity index (χ4n) is 2.28. The molecule has 0 aromatic heterocycles. The number of nitrogens with zero attached hydrogens (tertiary/aromatic N) is 1. The molecule has 2 rings (SSSR count). The van der Waals surface area contributed by atoms with Gasteiger partial charge in [0.15, 0.2) is 0 Å². The molecule has 1 aromatic rings. The smallest absolute Gasteiger partial charge is 0.246 e. The molecule has 0 spiro atoms. The van der Waals surface area contributed by atoms with Crippen molar-refractivity contribution in [2.75, 3.05) is 13.1 Å². The summed E-state index contributed by atoms with van der Waals surface area (Å²) >= 11 is 0. The zero-order valence-corrected chi connectivity index (χ0v) is 11.2. The van der Waals surface area contributed by atoms with E-state index < -0.39 is 0 Å². The minimum Gasteiger partial charge on any atom is -0.339 e. The lowest BCUT2D eigenvalue weighted by molar-refractivity contribution is -0.127. The van der Waals surface area contributed by atoms with Crippen molar-refractivity contribution in [3.8, 4) is 0 Å². The third-order valence-electron chi connectivity index (χ3n) is 3.56. The van der Waals surface area contributed by atoms with Crippen LogP contribution in [0.3, 0.4) is 0 Å². The maximum absolute atomic E-state index is 12.0. The second-order valence-electron chi connectivity index (χ2n) is 5.26. The number of carbonyl (C=O) groups is 1. The Morgan fingerprint density at radius 3 is 2.72 bits per heavy atom. The average molecular weight is 243 g/mol. The van der Waals surface area contributed by atoms with Crippen LogP contribution < -0.4 is 0 Å². The van der Waals surface area contributed by atoms with E-state index in [1.165, 1.54) is 5.56 Å². The Balaban J connectivity index is 1.94. The van der Waals surface area contributed by atoms with Gasteiger partial charge in [-0.05, 0) is 37.3 Å². The van der Waals surface area contributed by atoms with E-state index in [0.29, 0.717) is 0 Å². The van der Waals surface area contributed by atoms with Gasteiger partial charge >= 0.3 is 0 Å². The maximum Gasteiger partial charge on any atom is 0.246 e. The van der Waals surface area contributed by atoms with Crippen LogP contribution in [0.25, 0.3) is 6.08 Å². The fraction of sp³-hybridized carbons (Fsp3) is 0.438. The summed E-state index contributed by atoms with van der Waals surface area (Å²) in [6.45, 7) is 6.12. The van der Waals surface area contributed by atoms with Crippen molar-refractivity contribution >= 4 is 12.0 Å². The van der Waals surface area contributed by atoms with Crippen LogP contribution in [0, 0.1) is 12.8 Å². The minimum atomic E-state index is 0.142. The van der Waals surface area contributed by atoms with Crippen LogP contribution in [0.5, 0.6) is 0 Å². The van der Waals surface area contributed by atoms with Gasteiger partial charge in [0, 0.05) is 19.2 Å². The van der Waals surface area contributed by atoms with Gasteiger partial charge in [0.2, 0.25) is 5.91 Å². The molecule has 0 radical (unpaired) electrons. The molecule has 0 unspecified atom stereocenters. The van der Waals surface area contributed by atoms with E-state index in [1.54, 1.807) is 6.08 Å². The lowest BCUT2D eigenvalue weighted by Crippen LogP contribution is -2.36. The number of carbonyl (C=O) groups excluding carboxylic acids is 1. The summed E-state index contributed by atoms with van der Waals surface area (Å²) in [6.07, 6.45) is 5.87. The van der Waals surface area contributed by atoms with Crippen LogP contribution in [0.1, 0.15) is 30.9 Å². The number of benzene rings is 1. The van der Waals surface area contributed by atoms with Gasteiger partial charge in [-0.3, -0.25) is 4.79 Å². The Labute approximate surface area is 109 Å². The summed E-state index contributed by atoms with van der Waals surface area (Å²) < 4.78 is 0. The molecule has 0 bridgehead atoms. The van der Waals surface area contributed by atoms with Crippen LogP contribution in [0.15, 0.2) is 30.3 Å². The molecule has 0 aliphatic carbocycles. The molecule has 2 heteroatoms. The van der Waals surface area contributed by atoms with E-state index in [1.807, 2.05) is 23.1 Å². The van der Waals surface area contributed by atoms with Crippen molar-refractivity contribution in [1.29, 1.82) is 0 Å². The highest BCUT2D eigenvalue weighted by molar-refractivity contribution is 5.91. The molecular formula is C16H21NO. The quantitative estimate of drug-likeness (QED) is 0.730. The number of amides is 1. The Morgan fingerprint density at radius 2 is 2.06 bits per heavy atom. The van der Waals surface area contributed by atoms with Crippen molar-refractivity contribution in [2.24, 2.45) is 5.92 Å². The summed E-state index contributed by atoms with van der Waals surface area (Å²) in [4.78, 5) is 14.0. The summed E-state index contributed by atoms with van der Waals surface area (Å²) in [7, 11) is 0. The molecule has 1 aliphatic heterocycles. The molecule has 1 aromatic carbocycles. The fourth-order valence-corrected chi connectivity index (χ4v) is 2.28. The Bertz CT molecular complexity index is 442. The lowest BCUT2D eigenvalue weighted by atomic mass is 9.99. The first-order chi connectivity index (χ1) is 8.65. The van der Waals surface area contributed by atoms with Gasteiger partial charge < -0.3 is 4.90 Å². The Morgan fingerprint density at radius 1 is 1.33 bits per heavy atom. The van der Waals surface area contributed by atoms with Crippen molar-refractivity contribution < 1.29 is 4.79 Å². The average Bonchev–Trinajstić information content (AvgIpc) is 2.37. The predicted molar refractivity (Wildman–Crippen MR) is 75.2 cm³/mol. The van der Waals surface area contributed by atoms with Crippen LogP contribution in [0.2, 0.25) is 0 Å². The lowest BCUT2D eigenvalue weighted by Gasteiger charge is -2.29. The van der Waals surface area contributed by atoms with E-state index in [-0.39, 0.29) is 5.91 Å². The molecule has 0 N–H and O–H groups in total. The molecule has 1 aliphatic rings. The molecular weight excluding hydrogens is 222 g/mol. The molecule has 1 amide bonds. The first-order valence-corrected chi connectivity index (χ1v) is 6.69. The third-order valence-corrected chi connectivity index (χ3v) is 3.56. The Kier molecular flexibility index (Phi) is 4.19. The molecule has 1 saturated heterocycles. The van der Waals surface area contributed by atoms with Gasteiger partial charge in [0.1, 0.15) is 0 Å². The molecule has 1 fully saturated rings. The Hall–Kier alpha value is -1.57. The third kappa shape index (κ3) is 3.46. The van der Waals surface area contributed by atoms with Crippen LogP contribution in [-0.4, -0.2) is 23.9 Å². The highest BCUT2D eigenvalue weighted by Gasteiger charge is 2.18. The van der Waals surface area contributed by atoms with Gasteiger partial charge in [0.25, 0.3) is 0 Å². The standard InChI is InChI=1S/C16H21NO/c1-13-8-10-17(11-9-13)16(18)7-6-15-5-3-4-14(2)12-15/h3-7,12-13H,8-11H2,1-2H3/b7-6+. The summed E-state index contributed by atoms with van der Waals surface area (Å²) in [5.41, 5.74) is 2.31. The zero-order valence-electron chi connectivity index (χ0n) is 11.2. The second kappa shape index (κ2) is 5.85. The number of piperidine rings is 1. The van der Waals surface area contributed by atoms with E-state index >= 15 is 0 Å². The highest BCUT2D eigenvalue weighted by Crippen LogP contribution is 2.16. The summed E-state index contributed by atoms with van der Waals surface area (Å²) in [5.74, 6) is 0.901. The van der Waals surface area contributed by atoms with Crippen molar-refractivity contribution in [3.63, 3.8) is 0 Å². The molecule has 1 heterocycles. The molecule has 2 nitrogen and oxygen atoms in total. The van der Waals surface area contributed by atoms with E-state index in [0.717, 1.165) is 37.4 Å². The van der Waals surface area contributed by atoms with Crippen molar-refractivity contribution in [3.05, 3.63) is 41.5 Å². The van der Waals surface area contributed by atoms with Crippen LogP contribution in [0.4, 0.5) is 0 Å². The topological polar surface area (TPSA) is 20.3 Å². The molecule has 96 valence electrons. The summed E-state index contributed by atoms with van der Waals surface area (Å²) in [5, 5.41) is 0. The van der Waals surface area contributed by atoms with Crippen molar-refractivity contribution in [1.82, 2.24) is 4.90 Å². The van der Waals surface area contributed by atoms with Crippen LogP contribution >= 0.6 is 0 Å². The SMILES string of the molecule is Cc1cccc(/C=C/C(=O)N2CCC(C)CC2)c1. The molecule has 0 atom stereocenters. The normalized spacial score (nSPS) is 17.3.